The van der Waals surface area contributed by atoms with Gasteiger partial charge in [-0.05, 0) is 101 Å². The molecule has 8 nitrogen and oxygen atoms in total. The van der Waals surface area contributed by atoms with Gasteiger partial charge < -0.3 is 14.6 Å². The van der Waals surface area contributed by atoms with Crippen LogP contribution in [-0.2, 0) is 41.7 Å². The van der Waals surface area contributed by atoms with Gasteiger partial charge in [-0.3, -0.25) is 14.9 Å². The molecule has 238 valence electrons. The number of aliphatic hydroxyl groups is 1. The first-order chi connectivity index (χ1) is 20.6. The molecule has 0 saturated carbocycles. The van der Waals surface area contributed by atoms with Crippen LogP contribution in [-0.4, -0.2) is 49.8 Å². The minimum Gasteiger partial charge on any atom is -0.466 e. The zero-order chi connectivity index (χ0) is 32.7. The van der Waals surface area contributed by atoms with Crippen molar-refractivity contribution in [1.82, 2.24) is 5.32 Å². The van der Waals surface area contributed by atoms with Crippen LogP contribution in [0.25, 0.3) is 0 Å². The Hall–Kier alpha value is -3.24. The van der Waals surface area contributed by atoms with Gasteiger partial charge in [0, 0.05) is 17.5 Å². The highest BCUT2D eigenvalue weighted by Crippen LogP contribution is 2.27. The molecule has 3 atom stereocenters. The Bertz CT molecular complexity index is 1550. The molecule has 3 rings (SSSR count). The van der Waals surface area contributed by atoms with Crippen LogP contribution in [0.4, 0.5) is 0 Å². The monoisotopic (exact) mass is 643 g/mol. The minimum absolute atomic E-state index is 0.0833. The SMILES string of the molecule is CCOC(=O)CCc1cc(C)ccc1S(=O)(=O)c1ccc(C[C@@H](C)NC(C(=O)OC(C)(C)C)[C@H](O)c2cccc(Cl)c2)cc1. The molecule has 3 aromatic rings. The zero-order valence-electron chi connectivity index (χ0n) is 26.1. The molecule has 2 N–H and O–H groups in total. The largest absolute Gasteiger partial charge is 0.466 e. The summed E-state index contributed by atoms with van der Waals surface area (Å²) in [6.07, 6.45) is -0.445. The molecule has 44 heavy (non-hydrogen) atoms. The molecule has 0 fully saturated rings. The van der Waals surface area contributed by atoms with Crippen molar-refractivity contribution in [3.63, 3.8) is 0 Å². The Morgan fingerprint density at radius 2 is 1.70 bits per heavy atom. The summed E-state index contributed by atoms with van der Waals surface area (Å²) in [5, 5.41) is 14.8. The summed E-state index contributed by atoms with van der Waals surface area (Å²) >= 11 is 6.12. The molecule has 0 aliphatic heterocycles. The topological polar surface area (TPSA) is 119 Å². The van der Waals surface area contributed by atoms with Gasteiger partial charge in [0.25, 0.3) is 0 Å². The second kappa shape index (κ2) is 15.2. The van der Waals surface area contributed by atoms with Crippen LogP contribution >= 0.6 is 11.6 Å². The van der Waals surface area contributed by atoms with Crippen LogP contribution in [0.1, 0.15) is 69.4 Å². The van der Waals surface area contributed by atoms with Gasteiger partial charge in [-0.25, -0.2) is 8.42 Å². The number of carbonyl (C=O) groups is 2. The fourth-order valence-electron chi connectivity index (χ4n) is 4.82. The van der Waals surface area contributed by atoms with Gasteiger partial charge in [-0.2, -0.15) is 0 Å². The van der Waals surface area contributed by atoms with Crippen molar-refractivity contribution in [3.05, 3.63) is 94.0 Å². The summed E-state index contributed by atoms with van der Waals surface area (Å²) < 4.78 is 37.8. The number of ether oxygens (including phenoxy) is 2. The number of esters is 2. The van der Waals surface area contributed by atoms with Crippen molar-refractivity contribution >= 4 is 33.4 Å². The molecule has 0 saturated heterocycles. The fraction of sp³-hybridized carbons (Fsp3) is 0.412. The van der Waals surface area contributed by atoms with E-state index in [4.69, 9.17) is 21.1 Å². The van der Waals surface area contributed by atoms with Crippen molar-refractivity contribution in [2.24, 2.45) is 0 Å². The Balaban J connectivity index is 1.78. The third-order valence-corrected chi connectivity index (χ3v) is 8.92. The van der Waals surface area contributed by atoms with Crippen LogP contribution < -0.4 is 5.32 Å². The summed E-state index contributed by atoms with van der Waals surface area (Å²) in [7, 11) is -3.86. The number of halogens is 1. The van der Waals surface area contributed by atoms with Crippen LogP contribution in [0.15, 0.2) is 76.5 Å². The number of nitrogens with one attached hydrogen (secondary N) is 1. The van der Waals surface area contributed by atoms with E-state index in [2.05, 4.69) is 5.32 Å². The van der Waals surface area contributed by atoms with Crippen LogP contribution in [0.5, 0.6) is 0 Å². The lowest BCUT2D eigenvalue weighted by molar-refractivity contribution is -0.161. The zero-order valence-corrected chi connectivity index (χ0v) is 27.7. The molecule has 0 amide bonds. The van der Waals surface area contributed by atoms with Crippen molar-refractivity contribution < 1.29 is 32.6 Å². The number of sulfone groups is 1. The van der Waals surface area contributed by atoms with Gasteiger partial charge in [-0.15, -0.1) is 0 Å². The maximum absolute atomic E-state index is 13.6. The number of carbonyl (C=O) groups excluding carboxylic acids is 2. The summed E-state index contributed by atoms with van der Waals surface area (Å²) in [4.78, 5) is 25.3. The third kappa shape index (κ3) is 9.89. The number of aliphatic hydroxyl groups excluding tert-OH is 1. The predicted octanol–water partition coefficient (Wildman–Crippen LogP) is 5.94. The smallest absolute Gasteiger partial charge is 0.326 e. The molecule has 0 aliphatic rings. The quantitative estimate of drug-likeness (QED) is 0.220. The van der Waals surface area contributed by atoms with Gasteiger partial charge in [-0.1, -0.05) is 53.6 Å². The van der Waals surface area contributed by atoms with Crippen molar-refractivity contribution in [1.29, 1.82) is 0 Å². The Kier molecular flexibility index (Phi) is 12.1. The van der Waals surface area contributed by atoms with E-state index in [1.54, 1.807) is 94.4 Å². The van der Waals surface area contributed by atoms with E-state index < -0.39 is 33.6 Å². The van der Waals surface area contributed by atoms with E-state index in [0.29, 0.717) is 22.6 Å². The van der Waals surface area contributed by atoms with Gasteiger partial charge in [0.1, 0.15) is 17.7 Å². The lowest BCUT2D eigenvalue weighted by Gasteiger charge is -2.30. The third-order valence-electron chi connectivity index (χ3n) is 6.82. The highest BCUT2D eigenvalue weighted by atomic mass is 35.5. The van der Waals surface area contributed by atoms with E-state index in [-0.39, 0.29) is 41.3 Å². The van der Waals surface area contributed by atoms with Crippen molar-refractivity contribution in [2.45, 2.75) is 94.4 Å². The molecular formula is C34H42ClNO7S. The van der Waals surface area contributed by atoms with Crippen LogP contribution in [0, 0.1) is 6.92 Å². The van der Waals surface area contributed by atoms with E-state index in [0.717, 1.165) is 11.1 Å². The Morgan fingerprint density at radius 3 is 2.32 bits per heavy atom. The van der Waals surface area contributed by atoms with Gasteiger partial charge in [0.2, 0.25) is 9.84 Å². The average molecular weight is 644 g/mol. The Labute approximate surface area is 265 Å². The standard InChI is InChI=1S/C34H42ClNO7S/c1-7-42-30(37)18-14-25-19-22(2)11-17-29(25)44(40,41)28-15-12-24(13-16-28)20-23(3)36-31(33(39)43-34(4,5)6)32(38)26-9-8-10-27(35)21-26/h8-13,15-17,19,21,23,31-32,36,38H,7,14,18,20H2,1-6H3/t23-,31?,32-/m1/s1. The molecular weight excluding hydrogens is 602 g/mol. The normalized spacial score (nSPS) is 14.0. The molecule has 0 aliphatic carbocycles. The van der Waals surface area contributed by atoms with E-state index >= 15 is 0 Å². The number of hydrogen-bond donors (Lipinski definition) is 2. The summed E-state index contributed by atoms with van der Waals surface area (Å²) in [6, 6.07) is 17.0. The molecule has 10 heteroatoms. The molecule has 0 heterocycles. The number of aryl methyl sites for hydroxylation is 2. The van der Waals surface area contributed by atoms with Crippen molar-refractivity contribution in [2.75, 3.05) is 6.61 Å². The van der Waals surface area contributed by atoms with E-state index in [1.165, 1.54) is 0 Å². The van der Waals surface area contributed by atoms with E-state index in [1.807, 2.05) is 13.8 Å². The highest BCUT2D eigenvalue weighted by molar-refractivity contribution is 7.91. The summed E-state index contributed by atoms with van der Waals surface area (Å²) in [5.74, 6) is -0.978. The van der Waals surface area contributed by atoms with Crippen LogP contribution in [0.3, 0.4) is 0 Å². The van der Waals surface area contributed by atoms with Gasteiger partial charge >= 0.3 is 11.9 Å². The molecule has 0 aromatic heterocycles. The summed E-state index contributed by atoms with van der Waals surface area (Å²) in [6.45, 7) is 11.0. The lowest BCUT2D eigenvalue weighted by Crippen LogP contribution is -2.49. The minimum atomic E-state index is -3.86. The Morgan fingerprint density at radius 1 is 1.02 bits per heavy atom. The first-order valence-corrected chi connectivity index (χ1v) is 16.5. The maximum Gasteiger partial charge on any atom is 0.326 e. The van der Waals surface area contributed by atoms with Crippen molar-refractivity contribution in [3.8, 4) is 0 Å². The van der Waals surface area contributed by atoms with Gasteiger partial charge in [0.05, 0.1) is 16.4 Å². The number of rotatable bonds is 13. The number of hydrogen-bond acceptors (Lipinski definition) is 8. The second-order valence-electron chi connectivity index (χ2n) is 11.8. The fourth-order valence-corrected chi connectivity index (χ4v) is 6.52. The molecule has 0 spiro atoms. The highest BCUT2D eigenvalue weighted by Gasteiger charge is 2.33. The first kappa shape index (κ1) is 35.2. The average Bonchev–Trinajstić information content (AvgIpc) is 2.94. The second-order valence-corrected chi connectivity index (χ2v) is 14.2. The summed E-state index contributed by atoms with van der Waals surface area (Å²) in [5.41, 5.74) is 2.00. The maximum atomic E-state index is 13.6. The number of benzene rings is 3. The lowest BCUT2D eigenvalue weighted by atomic mass is 9.99. The van der Waals surface area contributed by atoms with E-state index in [9.17, 15) is 23.1 Å². The van der Waals surface area contributed by atoms with Gasteiger partial charge in [0.15, 0.2) is 0 Å². The molecule has 1 unspecified atom stereocenters. The molecule has 3 aromatic carbocycles. The predicted molar refractivity (Wildman–Crippen MR) is 170 cm³/mol. The molecule has 0 radical (unpaired) electrons. The van der Waals surface area contributed by atoms with Crippen LogP contribution in [0.2, 0.25) is 5.02 Å². The molecule has 0 bridgehead atoms. The first-order valence-electron chi connectivity index (χ1n) is 14.6.